The maximum absolute atomic E-state index is 13.0. The Hall–Kier alpha value is -2.53. The van der Waals surface area contributed by atoms with Crippen molar-refractivity contribution in [3.63, 3.8) is 0 Å². The summed E-state index contributed by atoms with van der Waals surface area (Å²) in [5.41, 5.74) is 1.98. The van der Waals surface area contributed by atoms with Gasteiger partial charge in [0.25, 0.3) is 0 Å². The van der Waals surface area contributed by atoms with Crippen molar-refractivity contribution >= 4 is 23.4 Å². The highest BCUT2D eigenvalue weighted by atomic mass is 35.5. The molecule has 0 saturated carbocycles. The molecule has 5 nitrogen and oxygen atoms in total. The number of halogens is 1. The van der Waals surface area contributed by atoms with E-state index in [-0.39, 0.29) is 30.8 Å². The first kappa shape index (κ1) is 23.7. The Balaban J connectivity index is 2.00. The Morgan fingerprint density at radius 1 is 1.07 bits per heavy atom. The number of amides is 2. The molecule has 0 bridgehead atoms. The third-order valence-electron chi connectivity index (χ3n) is 4.72. The number of nitrogens with one attached hydrogen (secondary N) is 1. The van der Waals surface area contributed by atoms with Gasteiger partial charge in [0, 0.05) is 24.0 Å². The summed E-state index contributed by atoms with van der Waals surface area (Å²) in [6.45, 7) is 8.27. The molecule has 30 heavy (non-hydrogen) atoms. The molecular formula is C24H31ClN2O3. The van der Waals surface area contributed by atoms with Crippen molar-refractivity contribution in [1.82, 2.24) is 10.2 Å². The molecule has 0 aliphatic heterocycles. The van der Waals surface area contributed by atoms with Crippen LogP contribution in [-0.4, -0.2) is 35.4 Å². The average molecular weight is 431 g/mol. The van der Waals surface area contributed by atoms with Crippen molar-refractivity contribution in [2.75, 3.05) is 6.61 Å². The van der Waals surface area contributed by atoms with Crippen molar-refractivity contribution in [1.29, 1.82) is 0 Å². The van der Waals surface area contributed by atoms with E-state index in [9.17, 15) is 9.59 Å². The number of rotatable bonds is 10. The molecule has 0 aliphatic rings. The molecule has 0 unspecified atom stereocenters. The maximum Gasteiger partial charge on any atom is 0.242 e. The predicted octanol–water partition coefficient (Wildman–Crippen LogP) is 4.75. The SMILES string of the molecule is Cc1ccc(OCCCC(=O)N(Cc2ccccc2Cl)[C@H](C)C(=O)NC(C)C)cc1. The van der Waals surface area contributed by atoms with E-state index < -0.39 is 6.04 Å². The standard InChI is InChI=1S/C24H31ClN2O3/c1-17(2)26-24(29)19(4)27(16-20-8-5-6-9-22(20)25)23(28)10-7-15-30-21-13-11-18(3)12-14-21/h5-6,8-9,11-14,17,19H,7,10,15-16H2,1-4H3,(H,26,29)/t19-/m1/s1. The van der Waals surface area contributed by atoms with Gasteiger partial charge in [-0.2, -0.15) is 0 Å². The summed E-state index contributed by atoms with van der Waals surface area (Å²) in [7, 11) is 0. The lowest BCUT2D eigenvalue weighted by Gasteiger charge is -2.29. The molecule has 0 heterocycles. The smallest absolute Gasteiger partial charge is 0.242 e. The van der Waals surface area contributed by atoms with Crippen LogP contribution in [0, 0.1) is 6.92 Å². The topological polar surface area (TPSA) is 58.6 Å². The highest BCUT2D eigenvalue weighted by molar-refractivity contribution is 6.31. The summed E-state index contributed by atoms with van der Waals surface area (Å²) >= 11 is 6.29. The first-order chi connectivity index (χ1) is 14.3. The van der Waals surface area contributed by atoms with Crippen molar-refractivity contribution in [2.24, 2.45) is 0 Å². The van der Waals surface area contributed by atoms with Crippen molar-refractivity contribution in [2.45, 2.75) is 59.2 Å². The number of nitrogens with zero attached hydrogens (tertiary/aromatic N) is 1. The zero-order valence-electron chi connectivity index (χ0n) is 18.2. The van der Waals surface area contributed by atoms with Crippen LogP contribution in [0.5, 0.6) is 5.75 Å². The average Bonchev–Trinajstić information content (AvgIpc) is 2.70. The number of carbonyl (C=O) groups excluding carboxylic acids is 2. The van der Waals surface area contributed by atoms with Crippen molar-refractivity contribution in [3.05, 3.63) is 64.7 Å². The molecule has 1 atom stereocenters. The molecule has 2 aromatic carbocycles. The van der Waals surface area contributed by atoms with Gasteiger partial charge in [-0.05, 0) is 57.9 Å². The van der Waals surface area contributed by atoms with Crippen LogP contribution in [0.15, 0.2) is 48.5 Å². The van der Waals surface area contributed by atoms with Gasteiger partial charge in [0.15, 0.2) is 0 Å². The highest BCUT2D eigenvalue weighted by Gasteiger charge is 2.26. The lowest BCUT2D eigenvalue weighted by molar-refractivity contribution is -0.141. The van der Waals surface area contributed by atoms with Gasteiger partial charge in [0.2, 0.25) is 11.8 Å². The fourth-order valence-corrected chi connectivity index (χ4v) is 3.18. The van der Waals surface area contributed by atoms with Gasteiger partial charge in [-0.25, -0.2) is 0 Å². The van der Waals surface area contributed by atoms with E-state index in [2.05, 4.69) is 5.32 Å². The Morgan fingerprint density at radius 3 is 2.37 bits per heavy atom. The van der Waals surface area contributed by atoms with Gasteiger partial charge >= 0.3 is 0 Å². The van der Waals surface area contributed by atoms with Gasteiger partial charge in [0.1, 0.15) is 11.8 Å². The van der Waals surface area contributed by atoms with Crippen LogP contribution in [0.2, 0.25) is 5.02 Å². The summed E-state index contributed by atoms with van der Waals surface area (Å²) in [4.78, 5) is 27.1. The quantitative estimate of drug-likeness (QED) is 0.553. The van der Waals surface area contributed by atoms with Gasteiger partial charge in [0.05, 0.1) is 6.61 Å². The fourth-order valence-electron chi connectivity index (χ4n) is 2.99. The lowest BCUT2D eigenvalue weighted by atomic mass is 10.1. The van der Waals surface area contributed by atoms with E-state index in [0.29, 0.717) is 18.1 Å². The molecule has 2 aromatic rings. The zero-order chi connectivity index (χ0) is 22.1. The van der Waals surface area contributed by atoms with E-state index in [0.717, 1.165) is 11.3 Å². The van der Waals surface area contributed by atoms with Crippen LogP contribution in [0.3, 0.4) is 0 Å². The van der Waals surface area contributed by atoms with Crippen LogP contribution >= 0.6 is 11.6 Å². The molecule has 0 saturated heterocycles. The molecule has 2 rings (SSSR count). The van der Waals surface area contributed by atoms with E-state index in [1.54, 1.807) is 17.9 Å². The summed E-state index contributed by atoms with van der Waals surface area (Å²) in [5, 5.41) is 3.46. The van der Waals surface area contributed by atoms with Crippen LogP contribution in [0.25, 0.3) is 0 Å². The summed E-state index contributed by atoms with van der Waals surface area (Å²) in [5.74, 6) is 0.501. The highest BCUT2D eigenvalue weighted by Crippen LogP contribution is 2.20. The predicted molar refractivity (Wildman–Crippen MR) is 121 cm³/mol. The summed E-state index contributed by atoms with van der Waals surface area (Å²) in [6, 6.07) is 14.6. The molecule has 6 heteroatoms. The minimum atomic E-state index is -0.603. The fraction of sp³-hybridized carbons (Fsp3) is 0.417. The third-order valence-corrected chi connectivity index (χ3v) is 5.09. The molecule has 2 amide bonds. The van der Waals surface area contributed by atoms with Gasteiger partial charge in [-0.3, -0.25) is 9.59 Å². The number of ether oxygens (including phenoxy) is 1. The Bertz CT molecular complexity index is 837. The lowest BCUT2D eigenvalue weighted by Crippen LogP contribution is -2.49. The normalized spacial score (nSPS) is 11.8. The molecule has 0 aliphatic carbocycles. The number of benzene rings is 2. The number of hydrogen-bond donors (Lipinski definition) is 1. The zero-order valence-corrected chi connectivity index (χ0v) is 18.9. The van der Waals surface area contributed by atoms with Crippen molar-refractivity contribution in [3.8, 4) is 5.75 Å². The number of aryl methyl sites for hydroxylation is 1. The molecule has 0 radical (unpaired) electrons. The monoisotopic (exact) mass is 430 g/mol. The molecule has 0 aromatic heterocycles. The third kappa shape index (κ3) is 7.38. The van der Waals surface area contributed by atoms with Crippen LogP contribution in [0.4, 0.5) is 0 Å². The van der Waals surface area contributed by atoms with Crippen LogP contribution in [0.1, 0.15) is 44.7 Å². The maximum atomic E-state index is 13.0. The molecule has 0 spiro atoms. The van der Waals surface area contributed by atoms with E-state index in [4.69, 9.17) is 16.3 Å². The number of carbonyl (C=O) groups is 2. The summed E-state index contributed by atoms with van der Waals surface area (Å²) in [6.07, 6.45) is 0.847. The number of hydrogen-bond acceptors (Lipinski definition) is 3. The van der Waals surface area contributed by atoms with Crippen LogP contribution in [-0.2, 0) is 16.1 Å². The minimum Gasteiger partial charge on any atom is -0.494 e. The van der Waals surface area contributed by atoms with E-state index in [1.165, 1.54) is 5.56 Å². The molecular weight excluding hydrogens is 400 g/mol. The second-order valence-corrected chi connectivity index (χ2v) is 8.12. The molecule has 162 valence electrons. The Morgan fingerprint density at radius 2 is 1.73 bits per heavy atom. The first-order valence-electron chi connectivity index (χ1n) is 10.3. The van der Waals surface area contributed by atoms with Crippen LogP contribution < -0.4 is 10.1 Å². The first-order valence-corrected chi connectivity index (χ1v) is 10.7. The van der Waals surface area contributed by atoms with Crippen molar-refractivity contribution < 1.29 is 14.3 Å². The summed E-state index contributed by atoms with van der Waals surface area (Å²) < 4.78 is 5.72. The largest absolute Gasteiger partial charge is 0.494 e. The van der Waals surface area contributed by atoms with E-state index in [1.807, 2.05) is 63.2 Å². The molecule has 0 fully saturated rings. The van der Waals surface area contributed by atoms with Gasteiger partial charge in [-0.1, -0.05) is 47.5 Å². The molecule has 1 N–H and O–H groups in total. The van der Waals surface area contributed by atoms with E-state index >= 15 is 0 Å². The second kappa shape index (κ2) is 11.6. The Labute approximate surface area is 184 Å². The Kier molecular flexibility index (Phi) is 9.18. The minimum absolute atomic E-state index is 0.000115. The van der Waals surface area contributed by atoms with Gasteiger partial charge < -0.3 is 15.0 Å². The second-order valence-electron chi connectivity index (χ2n) is 7.72. The van der Waals surface area contributed by atoms with Gasteiger partial charge in [-0.15, -0.1) is 0 Å².